The molecule has 0 aliphatic heterocycles. The van der Waals surface area contributed by atoms with Crippen LogP contribution in [0.3, 0.4) is 0 Å². The van der Waals surface area contributed by atoms with Gasteiger partial charge in [-0.25, -0.2) is 13.2 Å². The molecule has 0 atom stereocenters. The van der Waals surface area contributed by atoms with Crippen LogP contribution >= 0.6 is 0 Å². The van der Waals surface area contributed by atoms with Crippen molar-refractivity contribution < 1.29 is 22.6 Å². The third kappa shape index (κ3) is 5.30. The molecule has 178 valence electrons. The number of hydrogen-bond acceptors (Lipinski definition) is 2. The summed E-state index contributed by atoms with van der Waals surface area (Å²) >= 11 is 0. The molecule has 0 amide bonds. The number of ether oxygens (including phenoxy) is 2. The van der Waals surface area contributed by atoms with Crippen LogP contribution in [0.15, 0.2) is 67.3 Å². The molecular formula is C29H29F3O2. The maximum atomic E-state index is 15.0. The Morgan fingerprint density at radius 3 is 2.26 bits per heavy atom. The molecule has 0 bridgehead atoms. The Hall–Kier alpha value is -3.21. The van der Waals surface area contributed by atoms with Crippen LogP contribution in [0.25, 0.3) is 11.1 Å². The van der Waals surface area contributed by atoms with E-state index in [2.05, 4.69) is 6.58 Å². The molecule has 4 rings (SSSR count). The van der Waals surface area contributed by atoms with E-state index in [1.807, 2.05) is 6.08 Å². The van der Waals surface area contributed by atoms with Crippen molar-refractivity contribution in [3.05, 3.63) is 95.8 Å². The average Bonchev–Trinajstić information content (AvgIpc) is 2.86. The molecule has 0 N–H and O–H groups in total. The van der Waals surface area contributed by atoms with Gasteiger partial charge >= 0.3 is 0 Å². The predicted octanol–water partition coefficient (Wildman–Crippen LogP) is 8.21. The lowest BCUT2D eigenvalue weighted by molar-refractivity contribution is 0.297. The Morgan fingerprint density at radius 1 is 0.882 bits per heavy atom. The van der Waals surface area contributed by atoms with E-state index in [9.17, 15) is 13.2 Å². The van der Waals surface area contributed by atoms with E-state index >= 15 is 0 Å². The van der Waals surface area contributed by atoms with Crippen LogP contribution < -0.4 is 9.47 Å². The molecule has 3 aromatic rings. The monoisotopic (exact) mass is 466 g/mol. The first-order chi connectivity index (χ1) is 16.5. The molecule has 1 saturated carbocycles. The molecule has 1 aliphatic carbocycles. The highest BCUT2D eigenvalue weighted by atomic mass is 19.2. The van der Waals surface area contributed by atoms with Crippen LogP contribution in [0, 0.1) is 23.4 Å². The number of rotatable bonds is 8. The van der Waals surface area contributed by atoms with Gasteiger partial charge in [-0.15, -0.1) is 6.58 Å². The zero-order chi connectivity index (χ0) is 24.1. The van der Waals surface area contributed by atoms with Crippen molar-refractivity contribution in [1.29, 1.82) is 0 Å². The minimum atomic E-state index is -0.808. The normalized spacial score (nSPS) is 17.9. The van der Waals surface area contributed by atoms with Gasteiger partial charge in [0.1, 0.15) is 12.4 Å². The Morgan fingerprint density at radius 2 is 1.62 bits per heavy atom. The molecule has 0 radical (unpaired) electrons. The first-order valence-electron chi connectivity index (χ1n) is 11.7. The lowest BCUT2D eigenvalue weighted by atomic mass is 9.78. The fourth-order valence-electron chi connectivity index (χ4n) is 4.56. The molecule has 34 heavy (non-hydrogen) atoms. The van der Waals surface area contributed by atoms with Gasteiger partial charge in [0.05, 0.1) is 6.61 Å². The summed E-state index contributed by atoms with van der Waals surface area (Å²) in [4.78, 5) is 0. The minimum absolute atomic E-state index is 0.0479. The van der Waals surface area contributed by atoms with Gasteiger partial charge in [0.2, 0.25) is 0 Å². The van der Waals surface area contributed by atoms with Crippen LogP contribution in [-0.2, 0) is 6.61 Å². The van der Waals surface area contributed by atoms with Crippen molar-refractivity contribution in [2.24, 2.45) is 5.92 Å². The lowest BCUT2D eigenvalue weighted by Gasteiger charge is -2.27. The van der Waals surface area contributed by atoms with Gasteiger partial charge in [-0.3, -0.25) is 0 Å². The Labute approximate surface area is 199 Å². The molecule has 0 spiro atoms. The summed E-state index contributed by atoms with van der Waals surface area (Å²) in [6.07, 6.45) is 5.58. The van der Waals surface area contributed by atoms with Gasteiger partial charge in [-0.1, -0.05) is 42.5 Å². The standard InChI is InChI=1S/C29H29F3O2/c1-3-19-5-9-21(10-6-19)24-14-15-25(29(32)28(24)31)22-11-7-20(8-12-22)18-34-23-13-16-27(33-4-2)26(30)17-23/h3,7-8,11-17,19,21H,1,4-6,9-10,18H2,2H3. The summed E-state index contributed by atoms with van der Waals surface area (Å²) in [6.45, 7) is 6.23. The molecule has 1 fully saturated rings. The summed E-state index contributed by atoms with van der Waals surface area (Å²) in [7, 11) is 0. The van der Waals surface area contributed by atoms with Gasteiger partial charge < -0.3 is 9.47 Å². The maximum absolute atomic E-state index is 15.0. The second-order valence-corrected chi connectivity index (χ2v) is 8.69. The number of benzene rings is 3. The van der Waals surface area contributed by atoms with Gasteiger partial charge in [0, 0.05) is 11.6 Å². The van der Waals surface area contributed by atoms with Crippen molar-refractivity contribution in [2.75, 3.05) is 6.61 Å². The van der Waals surface area contributed by atoms with Crippen molar-refractivity contribution >= 4 is 0 Å². The Bertz CT molecular complexity index is 1130. The van der Waals surface area contributed by atoms with Crippen LogP contribution in [0.5, 0.6) is 11.5 Å². The largest absolute Gasteiger partial charge is 0.491 e. The van der Waals surface area contributed by atoms with Gasteiger partial charge in [0.15, 0.2) is 23.2 Å². The molecule has 5 heteroatoms. The van der Waals surface area contributed by atoms with Crippen LogP contribution in [0.2, 0.25) is 0 Å². The summed E-state index contributed by atoms with van der Waals surface area (Å²) in [5.74, 6) is -0.947. The van der Waals surface area contributed by atoms with Gasteiger partial charge in [-0.2, -0.15) is 0 Å². The molecular weight excluding hydrogens is 437 g/mol. The average molecular weight is 467 g/mol. The van der Waals surface area contributed by atoms with Crippen molar-refractivity contribution in [2.45, 2.75) is 45.1 Å². The predicted molar refractivity (Wildman–Crippen MR) is 129 cm³/mol. The van der Waals surface area contributed by atoms with Crippen molar-refractivity contribution in [3.8, 4) is 22.6 Å². The SMILES string of the molecule is C=CC1CCC(c2ccc(-c3ccc(COc4ccc(OCC)c(F)c4)cc3)c(F)c2F)CC1. The van der Waals surface area contributed by atoms with Crippen LogP contribution in [0.1, 0.15) is 49.7 Å². The highest BCUT2D eigenvalue weighted by Crippen LogP contribution is 2.39. The van der Waals surface area contributed by atoms with E-state index < -0.39 is 17.5 Å². The third-order valence-electron chi connectivity index (χ3n) is 6.53. The van der Waals surface area contributed by atoms with E-state index in [1.165, 1.54) is 12.1 Å². The number of halogens is 3. The van der Waals surface area contributed by atoms with E-state index in [4.69, 9.17) is 9.47 Å². The third-order valence-corrected chi connectivity index (χ3v) is 6.53. The number of hydrogen-bond donors (Lipinski definition) is 0. The summed E-state index contributed by atoms with van der Waals surface area (Å²) in [5.41, 5.74) is 2.13. The van der Waals surface area contributed by atoms with Crippen molar-refractivity contribution in [1.82, 2.24) is 0 Å². The second-order valence-electron chi connectivity index (χ2n) is 8.69. The Kier molecular flexibility index (Phi) is 7.61. The summed E-state index contributed by atoms with van der Waals surface area (Å²) in [5, 5.41) is 0. The minimum Gasteiger partial charge on any atom is -0.491 e. The molecule has 1 aliphatic rings. The Balaban J connectivity index is 1.43. The smallest absolute Gasteiger partial charge is 0.168 e. The highest BCUT2D eigenvalue weighted by molar-refractivity contribution is 5.65. The lowest BCUT2D eigenvalue weighted by Crippen LogP contribution is -2.13. The summed E-state index contributed by atoms with van der Waals surface area (Å²) in [6, 6.07) is 14.9. The molecule has 3 aromatic carbocycles. The molecule has 0 unspecified atom stereocenters. The quantitative estimate of drug-likeness (QED) is 0.312. The molecule has 0 heterocycles. The van der Waals surface area contributed by atoms with Gasteiger partial charge in [0.25, 0.3) is 0 Å². The molecule has 0 aromatic heterocycles. The van der Waals surface area contributed by atoms with E-state index in [1.54, 1.807) is 49.4 Å². The zero-order valence-corrected chi connectivity index (χ0v) is 19.3. The van der Waals surface area contributed by atoms with Crippen LogP contribution in [0.4, 0.5) is 13.2 Å². The van der Waals surface area contributed by atoms with Gasteiger partial charge in [-0.05, 0) is 73.3 Å². The first-order valence-corrected chi connectivity index (χ1v) is 11.7. The fraction of sp³-hybridized carbons (Fsp3) is 0.310. The topological polar surface area (TPSA) is 18.5 Å². The zero-order valence-electron chi connectivity index (χ0n) is 19.3. The molecule has 2 nitrogen and oxygen atoms in total. The maximum Gasteiger partial charge on any atom is 0.168 e. The fourth-order valence-corrected chi connectivity index (χ4v) is 4.56. The van der Waals surface area contributed by atoms with E-state index in [-0.39, 0.29) is 23.8 Å². The first kappa shape index (κ1) is 23.9. The van der Waals surface area contributed by atoms with E-state index in [0.717, 1.165) is 31.2 Å². The van der Waals surface area contributed by atoms with Crippen LogP contribution in [-0.4, -0.2) is 6.61 Å². The van der Waals surface area contributed by atoms with Crippen molar-refractivity contribution in [3.63, 3.8) is 0 Å². The highest BCUT2D eigenvalue weighted by Gasteiger charge is 2.25. The number of allylic oxidation sites excluding steroid dienone is 1. The van der Waals surface area contributed by atoms with E-state index in [0.29, 0.717) is 29.4 Å². The molecule has 0 saturated heterocycles. The summed E-state index contributed by atoms with van der Waals surface area (Å²) < 4.78 is 54.8. The second kappa shape index (κ2) is 10.8.